The summed E-state index contributed by atoms with van der Waals surface area (Å²) in [5.41, 5.74) is 0. The molecular weight excluding hydrogens is 336 g/mol. The van der Waals surface area contributed by atoms with Crippen molar-refractivity contribution in [3.05, 3.63) is 48.5 Å². The lowest BCUT2D eigenvalue weighted by atomic mass is 10.3. The molecule has 3 nitrogen and oxygen atoms in total. The summed E-state index contributed by atoms with van der Waals surface area (Å²) in [6, 6.07) is 14.4. The highest BCUT2D eigenvalue weighted by Crippen LogP contribution is 2.33. The summed E-state index contributed by atoms with van der Waals surface area (Å²) in [7, 11) is -3.17. The Bertz CT molecular complexity index is 733. The van der Waals surface area contributed by atoms with E-state index in [4.69, 9.17) is 4.74 Å². The van der Waals surface area contributed by atoms with Gasteiger partial charge in [0, 0.05) is 15.9 Å². The van der Waals surface area contributed by atoms with E-state index in [1.54, 1.807) is 47.8 Å². The van der Waals surface area contributed by atoms with Crippen molar-refractivity contribution in [2.45, 2.75) is 15.0 Å². The maximum Gasteiger partial charge on any atom is 0.179 e. The standard InChI is InChI=1S/C16H16O3S3/c1-20-14-6-2-12(3-7-14)19-13-4-8-16(9-5-13)22(17,18)11-15-10-21-15/h2-9,15H,10-11H2,1H3. The number of hydrogen-bond donors (Lipinski definition) is 0. The molecule has 2 aromatic carbocycles. The quantitative estimate of drug-likeness (QED) is 0.579. The van der Waals surface area contributed by atoms with Crippen LogP contribution in [0.3, 0.4) is 0 Å². The minimum absolute atomic E-state index is 0.230. The summed E-state index contributed by atoms with van der Waals surface area (Å²) in [5, 5.41) is 0.274. The third kappa shape index (κ3) is 4.00. The van der Waals surface area contributed by atoms with Gasteiger partial charge in [-0.25, -0.2) is 8.42 Å². The molecule has 0 aromatic heterocycles. The molecule has 0 spiro atoms. The van der Waals surface area contributed by atoms with Crippen molar-refractivity contribution in [2.75, 3.05) is 17.8 Å². The van der Waals surface area contributed by atoms with Crippen LogP contribution in [0.15, 0.2) is 58.3 Å². The molecule has 6 heteroatoms. The summed E-state index contributed by atoms with van der Waals surface area (Å²) >= 11 is 3.37. The second-order valence-corrected chi connectivity index (χ2v) is 9.23. The molecule has 0 saturated carbocycles. The Balaban J connectivity index is 1.70. The highest BCUT2D eigenvalue weighted by molar-refractivity contribution is 8.08. The van der Waals surface area contributed by atoms with Gasteiger partial charge in [0.25, 0.3) is 0 Å². The monoisotopic (exact) mass is 352 g/mol. The fourth-order valence-corrected chi connectivity index (χ4v) is 5.08. The fraction of sp³-hybridized carbons (Fsp3) is 0.250. The smallest absolute Gasteiger partial charge is 0.179 e. The molecule has 3 rings (SSSR count). The van der Waals surface area contributed by atoms with Crippen LogP contribution in [-0.2, 0) is 9.84 Å². The van der Waals surface area contributed by atoms with Gasteiger partial charge in [-0.1, -0.05) is 0 Å². The predicted octanol–water partition coefficient (Wildman–Crippen LogP) is 4.09. The van der Waals surface area contributed by atoms with E-state index < -0.39 is 9.84 Å². The maximum absolute atomic E-state index is 12.2. The zero-order valence-corrected chi connectivity index (χ0v) is 14.5. The van der Waals surface area contributed by atoms with Crippen LogP contribution >= 0.6 is 23.5 Å². The summed E-state index contributed by atoms with van der Waals surface area (Å²) in [4.78, 5) is 1.54. The molecule has 22 heavy (non-hydrogen) atoms. The summed E-state index contributed by atoms with van der Waals surface area (Å²) in [6.45, 7) is 0. The van der Waals surface area contributed by atoms with Gasteiger partial charge in [-0.3, -0.25) is 0 Å². The molecule has 1 unspecified atom stereocenters. The number of thioether (sulfide) groups is 2. The average molecular weight is 353 g/mol. The lowest BCUT2D eigenvalue weighted by Crippen LogP contribution is -2.10. The topological polar surface area (TPSA) is 43.4 Å². The SMILES string of the molecule is CSc1ccc(Oc2ccc(S(=O)(=O)CC3CS3)cc2)cc1. The third-order valence-corrected chi connectivity index (χ3v) is 7.04. The second-order valence-electron chi connectivity index (χ2n) is 4.99. The third-order valence-electron chi connectivity index (χ3n) is 3.29. The Morgan fingerprint density at radius 3 is 2.14 bits per heavy atom. The van der Waals surface area contributed by atoms with E-state index in [1.807, 2.05) is 30.5 Å². The zero-order valence-electron chi connectivity index (χ0n) is 12.1. The first-order chi connectivity index (χ1) is 10.6. The molecule has 1 atom stereocenters. The minimum atomic E-state index is -3.17. The first-order valence-corrected chi connectivity index (χ1v) is 10.8. The van der Waals surface area contributed by atoms with Gasteiger partial charge in [-0.05, 0) is 54.8 Å². The van der Waals surface area contributed by atoms with Crippen LogP contribution in [0.25, 0.3) is 0 Å². The number of ether oxygens (including phenoxy) is 1. The molecule has 0 amide bonds. The van der Waals surface area contributed by atoms with E-state index in [2.05, 4.69) is 0 Å². The van der Waals surface area contributed by atoms with Crippen molar-refractivity contribution in [3.63, 3.8) is 0 Å². The zero-order chi connectivity index (χ0) is 15.6. The normalized spacial score (nSPS) is 17.2. The van der Waals surface area contributed by atoms with Crippen molar-refractivity contribution < 1.29 is 13.2 Å². The van der Waals surface area contributed by atoms with Crippen LogP contribution in [0.5, 0.6) is 11.5 Å². The molecule has 1 saturated heterocycles. The number of hydrogen-bond acceptors (Lipinski definition) is 5. The molecule has 0 radical (unpaired) electrons. The highest BCUT2D eigenvalue weighted by Gasteiger charge is 2.29. The molecule has 1 heterocycles. The van der Waals surface area contributed by atoms with Gasteiger partial charge in [0.15, 0.2) is 9.84 Å². The number of benzene rings is 2. The van der Waals surface area contributed by atoms with Crippen LogP contribution in [0, 0.1) is 0 Å². The van der Waals surface area contributed by atoms with Gasteiger partial charge in [-0.15, -0.1) is 11.8 Å². The number of rotatable bonds is 6. The first-order valence-electron chi connectivity index (χ1n) is 6.83. The van der Waals surface area contributed by atoms with E-state index >= 15 is 0 Å². The average Bonchev–Trinajstić information content (AvgIpc) is 3.32. The molecule has 0 aliphatic carbocycles. The van der Waals surface area contributed by atoms with E-state index in [-0.39, 0.29) is 11.0 Å². The summed E-state index contributed by atoms with van der Waals surface area (Å²) < 4.78 is 30.1. The van der Waals surface area contributed by atoms with Crippen LogP contribution in [-0.4, -0.2) is 31.4 Å². The lowest BCUT2D eigenvalue weighted by Gasteiger charge is -2.08. The lowest BCUT2D eigenvalue weighted by molar-refractivity contribution is 0.481. The van der Waals surface area contributed by atoms with Crippen LogP contribution in [0.4, 0.5) is 0 Å². The predicted molar refractivity (Wildman–Crippen MR) is 93.0 cm³/mol. The van der Waals surface area contributed by atoms with E-state index in [1.165, 1.54) is 4.90 Å². The maximum atomic E-state index is 12.2. The van der Waals surface area contributed by atoms with Gasteiger partial charge in [0.05, 0.1) is 10.6 Å². The molecule has 1 aliphatic heterocycles. The Morgan fingerprint density at radius 2 is 1.64 bits per heavy atom. The van der Waals surface area contributed by atoms with E-state index in [0.717, 1.165) is 11.5 Å². The Kier molecular flexibility index (Phi) is 4.70. The number of sulfone groups is 1. The molecular formula is C16H16O3S3. The second kappa shape index (κ2) is 6.56. The van der Waals surface area contributed by atoms with Crippen LogP contribution in [0.1, 0.15) is 0 Å². The van der Waals surface area contributed by atoms with Crippen molar-refractivity contribution in [1.82, 2.24) is 0 Å². The molecule has 0 bridgehead atoms. The van der Waals surface area contributed by atoms with Gasteiger partial charge < -0.3 is 4.74 Å². The molecule has 116 valence electrons. The Labute approximate surface area is 139 Å². The van der Waals surface area contributed by atoms with E-state index in [0.29, 0.717) is 10.6 Å². The van der Waals surface area contributed by atoms with Crippen molar-refractivity contribution >= 4 is 33.4 Å². The van der Waals surface area contributed by atoms with Crippen LogP contribution in [0.2, 0.25) is 0 Å². The van der Waals surface area contributed by atoms with Crippen molar-refractivity contribution in [2.24, 2.45) is 0 Å². The van der Waals surface area contributed by atoms with Gasteiger partial charge in [0.2, 0.25) is 0 Å². The molecule has 2 aromatic rings. The minimum Gasteiger partial charge on any atom is -0.457 e. The Morgan fingerprint density at radius 1 is 1.09 bits per heavy atom. The van der Waals surface area contributed by atoms with Crippen molar-refractivity contribution in [3.8, 4) is 11.5 Å². The van der Waals surface area contributed by atoms with E-state index in [9.17, 15) is 8.42 Å². The largest absolute Gasteiger partial charge is 0.457 e. The van der Waals surface area contributed by atoms with Gasteiger partial charge in [0.1, 0.15) is 11.5 Å². The molecule has 1 aliphatic rings. The molecule has 1 fully saturated rings. The summed E-state index contributed by atoms with van der Waals surface area (Å²) in [5.74, 6) is 2.56. The van der Waals surface area contributed by atoms with Crippen LogP contribution < -0.4 is 4.74 Å². The fourth-order valence-electron chi connectivity index (χ4n) is 2.00. The van der Waals surface area contributed by atoms with Gasteiger partial charge >= 0.3 is 0 Å². The first kappa shape index (κ1) is 15.8. The summed E-state index contributed by atoms with van der Waals surface area (Å²) in [6.07, 6.45) is 2.02. The molecule has 0 N–H and O–H groups in total. The highest BCUT2D eigenvalue weighted by atomic mass is 32.2. The Hall–Kier alpha value is -1.11. The van der Waals surface area contributed by atoms with Crippen molar-refractivity contribution in [1.29, 1.82) is 0 Å². The van der Waals surface area contributed by atoms with Gasteiger partial charge in [-0.2, -0.15) is 11.8 Å².